The highest BCUT2D eigenvalue weighted by molar-refractivity contribution is 7.84. The highest BCUT2D eigenvalue weighted by Crippen LogP contribution is 2.24. The Kier molecular flexibility index (Phi) is 5.48. The van der Waals surface area contributed by atoms with Gasteiger partial charge in [-0.1, -0.05) is 13.8 Å². The van der Waals surface area contributed by atoms with Crippen molar-refractivity contribution in [3.8, 4) is 5.75 Å². The molecule has 2 N–H and O–H groups in total. The summed E-state index contributed by atoms with van der Waals surface area (Å²) < 4.78 is 17.5. The second-order valence-electron chi connectivity index (χ2n) is 4.04. The Bertz CT molecular complexity index is 393. The van der Waals surface area contributed by atoms with Gasteiger partial charge in [-0.2, -0.15) is 0 Å². The molecule has 1 rings (SSSR count). The number of hydrogen-bond donors (Lipinski definition) is 1. The lowest BCUT2D eigenvalue weighted by atomic mass is 10.2. The van der Waals surface area contributed by atoms with Crippen molar-refractivity contribution in [1.29, 1.82) is 0 Å². The van der Waals surface area contributed by atoms with Crippen molar-refractivity contribution in [1.82, 2.24) is 0 Å². The Morgan fingerprint density at radius 2 is 2.12 bits per heavy atom. The number of rotatable bonds is 6. The predicted octanol–water partition coefficient (Wildman–Crippen LogP) is 2.71. The molecule has 0 heterocycles. The lowest BCUT2D eigenvalue weighted by Gasteiger charge is -2.13. The van der Waals surface area contributed by atoms with E-state index in [-0.39, 0.29) is 5.25 Å². The maximum absolute atomic E-state index is 12.0. The van der Waals surface area contributed by atoms with E-state index >= 15 is 0 Å². The molecule has 0 aromatic heterocycles. The van der Waals surface area contributed by atoms with Gasteiger partial charge in [0.05, 0.1) is 12.4 Å². The van der Waals surface area contributed by atoms with Gasteiger partial charge in [0.1, 0.15) is 5.75 Å². The summed E-state index contributed by atoms with van der Waals surface area (Å²) in [6, 6.07) is 5.51. The van der Waals surface area contributed by atoms with Gasteiger partial charge in [0.25, 0.3) is 0 Å². The van der Waals surface area contributed by atoms with Crippen LogP contribution in [0.25, 0.3) is 0 Å². The van der Waals surface area contributed by atoms with Crippen LogP contribution in [-0.2, 0) is 16.6 Å². The van der Waals surface area contributed by atoms with Crippen LogP contribution in [0, 0.1) is 0 Å². The SMILES string of the molecule is CCOc1ccc(N)cc1CS(=O)C(C)CC. The molecule has 0 saturated heterocycles. The maximum atomic E-state index is 12.0. The number of nitrogens with two attached hydrogens (primary N) is 1. The number of benzene rings is 1. The largest absolute Gasteiger partial charge is 0.494 e. The van der Waals surface area contributed by atoms with Crippen molar-refractivity contribution < 1.29 is 8.95 Å². The summed E-state index contributed by atoms with van der Waals surface area (Å²) in [6.07, 6.45) is 0.916. The van der Waals surface area contributed by atoms with E-state index in [9.17, 15) is 4.21 Å². The average Bonchev–Trinajstić information content (AvgIpc) is 2.31. The molecule has 0 radical (unpaired) electrons. The lowest BCUT2D eigenvalue weighted by molar-refractivity contribution is 0.337. The summed E-state index contributed by atoms with van der Waals surface area (Å²) >= 11 is 0. The number of anilines is 1. The fraction of sp³-hybridized carbons (Fsp3) is 0.538. The Labute approximate surface area is 106 Å². The molecule has 0 spiro atoms. The highest BCUT2D eigenvalue weighted by Gasteiger charge is 2.13. The molecular weight excluding hydrogens is 234 g/mol. The first-order chi connectivity index (χ1) is 8.08. The van der Waals surface area contributed by atoms with Crippen molar-refractivity contribution in [2.75, 3.05) is 12.3 Å². The van der Waals surface area contributed by atoms with E-state index < -0.39 is 10.8 Å². The van der Waals surface area contributed by atoms with Crippen molar-refractivity contribution in [3.05, 3.63) is 23.8 Å². The minimum atomic E-state index is -0.873. The second-order valence-corrected chi connectivity index (χ2v) is 5.90. The van der Waals surface area contributed by atoms with Crippen molar-refractivity contribution in [2.45, 2.75) is 38.2 Å². The van der Waals surface area contributed by atoms with Gasteiger partial charge in [0, 0.05) is 27.3 Å². The van der Waals surface area contributed by atoms with Gasteiger partial charge >= 0.3 is 0 Å². The predicted molar refractivity (Wildman–Crippen MR) is 73.6 cm³/mol. The molecular formula is C13H21NO2S. The lowest BCUT2D eigenvalue weighted by Crippen LogP contribution is -2.12. The van der Waals surface area contributed by atoms with Crippen LogP contribution in [-0.4, -0.2) is 16.1 Å². The number of ether oxygens (including phenoxy) is 1. The maximum Gasteiger partial charge on any atom is 0.123 e. The van der Waals surface area contributed by atoms with Gasteiger partial charge in [0.15, 0.2) is 0 Å². The quantitative estimate of drug-likeness (QED) is 0.795. The van der Waals surface area contributed by atoms with Gasteiger partial charge in [-0.25, -0.2) is 0 Å². The third-order valence-electron chi connectivity index (χ3n) is 2.71. The first-order valence-electron chi connectivity index (χ1n) is 5.96. The van der Waals surface area contributed by atoms with E-state index in [2.05, 4.69) is 0 Å². The zero-order valence-corrected chi connectivity index (χ0v) is 11.5. The van der Waals surface area contributed by atoms with Crippen LogP contribution < -0.4 is 10.5 Å². The Morgan fingerprint density at radius 3 is 2.71 bits per heavy atom. The van der Waals surface area contributed by atoms with E-state index in [0.29, 0.717) is 18.0 Å². The zero-order valence-electron chi connectivity index (χ0n) is 10.7. The third kappa shape index (κ3) is 4.04. The first-order valence-corrected chi connectivity index (χ1v) is 7.35. The molecule has 0 aliphatic rings. The molecule has 0 aliphatic heterocycles. The molecule has 3 nitrogen and oxygen atoms in total. The Balaban J connectivity index is 2.87. The molecule has 2 unspecified atom stereocenters. The van der Waals surface area contributed by atoms with Crippen LogP contribution in [0.2, 0.25) is 0 Å². The Morgan fingerprint density at radius 1 is 1.41 bits per heavy atom. The van der Waals surface area contributed by atoms with Crippen LogP contribution in [0.3, 0.4) is 0 Å². The molecule has 0 bridgehead atoms. The van der Waals surface area contributed by atoms with Gasteiger partial charge in [0.2, 0.25) is 0 Å². The summed E-state index contributed by atoms with van der Waals surface area (Å²) in [6.45, 7) is 6.59. The summed E-state index contributed by atoms with van der Waals surface area (Å²) in [4.78, 5) is 0. The summed E-state index contributed by atoms with van der Waals surface area (Å²) in [5.41, 5.74) is 7.37. The molecule has 0 saturated carbocycles. The molecule has 0 fully saturated rings. The van der Waals surface area contributed by atoms with Crippen LogP contribution in [0.5, 0.6) is 5.75 Å². The molecule has 0 amide bonds. The molecule has 17 heavy (non-hydrogen) atoms. The fourth-order valence-corrected chi connectivity index (χ4v) is 2.68. The standard InChI is InChI=1S/C13H21NO2S/c1-4-10(3)17(15)9-11-8-12(14)6-7-13(11)16-5-2/h6-8,10H,4-5,9,14H2,1-3H3. The van der Waals surface area contributed by atoms with E-state index in [1.807, 2.05) is 32.9 Å². The van der Waals surface area contributed by atoms with Gasteiger partial charge in [-0.15, -0.1) is 0 Å². The highest BCUT2D eigenvalue weighted by atomic mass is 32.2. The minimum Gasteiger partial charge on any atom is -0.494 e. The average molecular weight is 255 g/mol. The normalized spacial score (nSPS) is 14.3. The third-order valence-corrected chi connectivity index (χ3v) is 4.53. The second kappa shape index (κ2) is 6.64. The van der Waals surface area contributed by atoms with Crippen molar-refractivity contribution in [2.24, 2.45) is 0 Å². The van der Waals surface area contributed by atoms with Gasteiger partial charge in [-0.3, -0.25) is 4.21 Å². The molecule has 1 aromatic carbocycles. The molecule has 1 aromatic rings. The monoisotopic (exact) mass is 255 g/mol. The van der Waals surface area contributed by atoms with E-state index in [4.69, 9.17) is 10.5 Å². The van der Waals surface area contributed by atoms with Gasteiger partial charge < -0.3 is 10.5 Å². The zero-order chi connectivity index (χ0) is 12.8. The molecule has 2 atom stereocenters. The minimum absolute atomic E-state index is 0.200. The number of hydrogen-bond acceptors (Lipinski definition) is 3. The Hall–Kier alpha value is -1.03. The van der Waals surface area contributed by atoms with Crippen LogP contribution in [0.4, 0.5) is 5.69 Å². The molecule has 4 heteroatoms. The first kappa shape index (κ1) is 14.0. The van der Waals surface area contributed by atoms with Crippen molar-refractivity contribution in [3.63, 3.8) is 0 Å². The van der Waals surface area contributed by atoms with E-state index in [1.54, 1.807) is 6.07 Å². The van der Waals surface area contributed by atoms with E-state index in [0.717, 1.165) is 17.7 Å². The van der Waals surface area contributed by atoms with Crippen LogP contribution >= 0.6 is 0 Å². The topological polar surface area (TPSA) is 52.3 Å². The summed E-state index contributed by atoms with van der Waals surface area (Å²) in [5.74, 6) is 1.30. The van der Waals surface area contributed by atoms with Crippen LogP contribution in [0.15, 0.2) is 18.2 Å². The van der Waals surface area contributed by atoms with E-state index in [1.165, 1.54) is 0 Å². The van der Waals surface area contributed by atoms with Gasteiger partial charge in [-0.05, 0) is 31.5 Å². The van der Waals surface area contributed by atoms with Crippen LogP contribution in [0.1, 0.15) is 32.8 Å². The fourth-order valence-electron chi connectivity index (χ4n) is 1.49. The number of nitrogen functional groups attached to an aromatic ring is 1. The summed E-state index contributed by atoms with van der Waals surface area (Å²) in [5, 5.41) is 0.200. The smallest absolute Gasteiger partial charge is 0.123 e. The molecule has 96 valence electrons. The molecule has 0 aliphatic carbocycles. The summed E-state index contributed by atoms with van der Waals surface area (Å²) in [7, 11) is -0.873. The van der Waals surface area contributed by atoms with Crippen molar-refractivity contribution >= 4 is 16.5 Å².